The lowest BCUT2D eigenvalue weighted by Crippen LogP contribution is -2.46. The van der Waals surface area contributed by atoms with Gasteiger partial charge in [0.15, 0.2) is 0 Å². The van der Waals surface area contributed by atoms with Gasteiger partial charge in [0.25, 0.3) is 0 Å². The van der Waals surface area contributed by atoms with Gasteiger partial charge in [-0.15, -0.1) is 12.4 Å². The van der Waals surface area contributed by atoms with E-state index < -0.39 is 12.0 Å². The van der Waals surface area contributed by atoms with Crippen molar-refractivity contribution in [3.8, 4) is 0 Å². The average molecular weight is 196 g/mol. The zero-order valence-electron chi connectivity index (χ0n) is 8.05. The van der Waals surface area contributed by atoms with Gasteiger partial charge in [-0.05, 0) is 12.0 Å². The van der Waals surface area contributed by atoms with E-state index in [0.717, 1.165) is 0 Å². The Hall–Kier alpha value is -0.280. The summed E-state index contributed by atoms with van der Waals surface area (Å²) in [6.45, 7) is 8.33. The summed E-state index contributed by atoms with van der Waals surface area (Å²) >= 11 is 0. The SMILES string of the molecule is CCN[C@H](C(=O)O)C(C)(C)C.Cl. The van der Waals surface area contributed by atoms with Crippen molar-refractivity contribution < 1.29 is 9.90 Å². The van der Waals surface area contributed by atoms with Gasteiger partial charge in [0.1, 0.15) is 6.04 Å². The number of hydrogen-bond donors (Lipinski definition) is 2. The molecule has 0 fully saturated rings. The highest BCUT2D eigenvalue weighted by atomic mass is 35.5. The molecule has 0 aromatic carbocycles. The van der Waals surface area contributed by atoms with Crippen molar-refractivity contribution in [1.29, 1.82) is 0 Å². The van der Waals surface area contributed by atoms with E-state index in [9.17, 15) is 4.79 Å². The molecule has 0 unspecified atom stereocenters. The Labute approximate surface area is 80.0 Å². The summed E-state index contributed by atoms with van der Waals surface area (Å²) in [5, 5.41) is 11.7. The van der Waals surface area contributed by atoms with Crippen molar-refractivity contribution in [1.82, 2.24) is 5.32 Å². The Bertz CT molecular complexity index is 142. The van der Waals surface area contributed by atoms with Crippen molar-refractivity contribution in [2.75, 3.05) is 6.54 Å². The summed E-state index contributed by atoms with van der Waals surface area (Å²) < 4.78 is 0. The molecule has 0 saturated carbocycles. The van der Waals surface area contributed by atoms with Crippen LogP contribution in [-0.4, -0.2) is 23.7 Å². The van der Waals surface area contributed by atoms with E-state index in [2.05, 4.69) is 5.32 Å². The van der Waals surface area contributed by atoms with Gasteiger partial charge >= 0.3 is 5.97 Å². The zero-order chi connectivity index (χ0) is 9.07. The third-order valence-corrected chi connectivity index (χ3v) is 1.52. The molecule has 0 heterocycles. The second-order valence-corrected chi connectivity index (χ2v) is 3.69. The Morgan fingerprint density at radius 1 is 1.50 bits per heavy atom. The predicted molar refractivity (Wildman–Crippen MR) is 51.8 cm³/mol. The minimum Gasteiger partial charge on any atom is -0.480 e. The van der Waals surface area contributed by atoms with Crippen LogP contribution in [0.5, 0.6) is 0 Å². The van der Waals surface area contributed by atoms with Gasteiger partial charge in [0, 0.05) is 0 Å². The average Bonchev–Trinajstić information content (AvgIpc) is 1.79. The molecule has 74 valence electrons. The molecule has 12 heavy (non-hydrogen) atoms. The molecule has 0 aromatic heterocycles. The minimum absolute atomic E-state index is 0. The molecule has 0 aliphatic rings. The fraction of sp³-hybridized carbons (Fsp3) is 0.875. The largest absolute Gasteiger partial charge is 0.480 e. The van der Waals surface area contributed by atoms with Crippen LogP contribution < -0.4 is 5.32 Å². The number of hydrogen-bond acceptors (Lipinski definition) is 2. The van der Waals surface area contributed by atoms with E-state index in [-0.39, 0.29) is 17.8 Å². The molecule has 0 rings (SSSR count). The normalized spacial score (nSPS) is 13.3. The molecule has 0 aliphatic carbocycles. The van der Waals surface area contributed by atoms with Crippen LogP contribution in [0.4, 0.5) is 0 Å². The van der Waals surface area contributed by atoms with Crippen molar-refractivity contribution >= 4 is 18.4 Å². The van der Waals surface area contributed by atoms with Crippen LogP contribution >= 0.6 is 12.4 Å². The molecular formula is C8H18ClNO2. The fourth-order valence-corrected chi connectivity index (χ4v) is 0.968. The summed E-state index contributed by atoms with van der Waals surface area (Å²) in [4.78, 5) is 10.7. The van der Waals surface area contributed by atoms with Gasteiger partial charge in [-0.2, -0.15) is 0 Å². The molecule has 0 saturated heterocycles. The van der Waals surface area contributed by atoms with E-state index in [1.807, 2.05) is 27.7 Å². The maximum Gasteiger partial charge on any atom is 0.321 e. The number of carboxylic acids is 1. The lowest BCUT2D eigenvalue weighted by atomic mass is 9.87. The summed E-state index contributed by atoms with van der Waals surface area (Å²) in [6, 6.07) is -0.451. The molecule has 0 radical (unpaired) electrons. The molecular weight excluding hydrogens is 178 g/mol. The van der Waals surface area contributed by atoms with Crippen LogP contribution in [0, 0.1) is 5.41 Å². The Morgan fingerprint density at radius 2 is 1.92 bits per heavy atom. The number of aliphatic carboxylic acids is 1. The molecule has 2 N–H and O–H groups in total. The van der Waals surface area contributed by atoms with Crippen LogP contribution in [0.3, 0.4) is 0 Å². The summed E-state index contributed by atoms with van der Waals surface area (Å²) in [5.74, 6) is -0.778. The van der Waals surface area contributed by atoms with E-state index >= 15 is 0 Å². The molecule has 1 atom stereocenters. The minimum atomic E-state index is -0.778. The smallest absolute Gasteiger partial charge is 0.321 e. The van der Waals surface area contributed by atoms with Crippen LogP contribution in [0.15, 0.2) is 0 Å². The van der Waals surface area contributed by atoms with E-state index in [1.54, 1.807) is 0 Å². The molecule has 0 aromatic rings. The molecule has 0 aliphatic heterocycles. The van der Waals surface area contributed by atoms with Gasteiger partial charge in [-0.3, -0.25) is 4.79 Å². The van der Waals surface area contributed by atoms with Gasteiger partial charge in [-0.1, -0.05) is 27.7 Å². The molecule has 3 nitrogen and oxygen atoms in total. The second kappa shape index (κ2) is 5.38. The van der Waals surface area contributed by atoms with Crippen molar-refractivity contribution in [3.63, 3.8) is 0 Å². The highest BCUT2D eigenvalue weighted by Crippen LogP contribution is 2.18. The molecule has 0 amide bonds. The van der Waals surface area contributed by atoms with Crippen LogP contribution in [0.2, 0.25) is 0 Å². The van der Waals surface area contributed by atoms with Gasteiger partial charge in [0.05, 0.1) is 0 Å². The quantitative estimate of drug-likeness (QED) is 0.718. The van der Waals surface area contributed by atoms with E-state index in [0.29, 0.717) is 6.54 Å². The number of likely N-dealkylation sites (N-methyl/N-ethyl adjacent to an activating group) is 1. The monoisotopic (exact) mass is 195 g/mol. The maximum absolute atomic E-state index is 10.7. The first-order valence-corrected chi connectivity index (χ1v) is 3.85. The zero-order valence-corrected chi connectivity index (χ0v) is 8.86. The number of rotatable bonds is 3. The summed E-state index contributed by atoms with van der Waals surface area (Å²) in [7, 11) is 0. The maximum atomic E-state index is 10.7. The summed E-state index contributed by atoms with van der Waals surface area (Å²) in [5.41, 5.74) is -0.220. The Morgan fingerprint density at radius 3 is 2.00 bits per heavy atom. The number of halogens is 1. The Kier molecular flexibility index (Phi) is 6.39. The van der Waals surface area contributed by atoms with Crippen molar-refractivity contribution in [2.45, 2.75) is 33.7 Å². The third kappa shape index (κ3) is 4.57. The first-order chi connectivity index (χ1) is 4.89. The van der Waals surface area contributed by atoms with Gasteiger partial charge in [0.2, 0.25) is 0 Å². The first kappa shape index (κ1) is 14.3. The highest BCUT2D eigenvalue weighted by Gasteiger charge is 2.29. The van der Waals surface area contributed by atoms with Crippen LogP contribution in [0.1, 0.15) is 27.7 Å². The van der Waals surface area contributed by atoms with Gasteiger partial charge < -0.3 is 10.4 Å². The van der Waals surface area contributed by atoms with Crippen molar-refractivity contribution in [3.05, 3.63) is 0 Å². The second-order valence-electron chi connectivity index (χ2n) is 3.69. The lowest BCUT2D eigenvalue weighted by Gasteiger charge is -2.27. The molecule has 0 spiro atoms. The Balaban J connectivity index is 0. The topological polar surface area (TPSA) is 49.3 Å². The highest BCUT2D eigenvalue weighted by molar-refractivity contribution is 5.85. The van der Waals surface area contributed by atoms with E-state index in [1.165, 1.54) is 0 Å². The first-order valence-electron chi connectivity index (χ1n) is 3.85. The van der Waals surface area contributed by atoms with E-state index in [4.69, 9.17) is 5.11 Å². The number of carboxylic acid groups (broad SMARTS) is 1. The molecule has 0 bridgehead atoms. The summed E-state index contributed by atoms with van der Waals surface area (Å²) in [6.07, 6.45) is 0. The standard InChI is InChI=1S/C8H17NO2.ClH/c1-5-9-6(7(10)11)8(2,3)4;/h6,9H,5H2,1-4H3,(H,10,11);1H/t6-;/m1./s1. The fourth-order valence-electron chi connectivity index (χ4n) is 0.968. The number of nitrogens with one attached hydrogen (secondary N) is 1. The number of carbonyl (C=O) groups is 1. The molecule has 4 heteroatoms. The van der Waals surface area contributed by atoms with Gasteiger partial charge in [-0.25, -0.2) is 0 Å². The van der Waals surface area contributed by atoms with Crippen molar-refractivity contribution in [2.24, 2.45) is 5.41 Å². The van der Waals surface area contributed by atoms with Crippen LogP contribution in [-0.2, 0) is 4.79 Å². The lowest BCUT2D eigenvalue weighted by molar-refractivity contribution is -0.142. The predicted octanol–water partition coefficient (Wildman–Crippen LogP) is 1.52. The third-order valence-electron chi connectivity index (χ3n) is 1.52. The van der Waals surface area contributed by atoms with Crippen LogP contribution in [0.25, 0.3) is 0 Å².